The van der Waals surface area contributed by atoms with Gasteiger partial charge in [-0.2, -0.15) is 0 Å². The molecular weight excluding hydrogens is 268 g/mol. The quantitative estimate of drug-likeness (QED) is 0.782. The normalized spacial score (nSPS) is 38.1. The minimum absolute atomic E-state index is 0.0387. The molecule has 0 unspecified atom stereocenters. The average Bonchev–Trinajstić information content (AvgIpc) is 2.88. The molecule has 0 aromatic carbocycles. The molecule has 20 heavy (non-hydrogen) atoms. The first-order chi connectivity index (χ1) is 9.71. The van der Waals surface area contributed by atoms with Crippen LogP contribution in [0.5, 0.6) is 0 Å². The van der Waals surface area contributed by atoms with Crippen molar-refractivity contribution in [2.45, 2.75) is 44.9 Å². The summed E-state index contributed by atoms with van der Waals surface area (Å²) < 4.78 is 5.67. The summed E-state index contributed by atoms with van der Waals surface area (Å²) in [4.78, 5) is 13.1. The minimum Gasteiger partial charge on any atom is -0.465 e. The van der Waals surface area contributed by atoms with Gasteiger partial charge >= 0.3 is 5.97 Å². The highest BCUT2D eigenvalue weighted by Gasteiger charge is 2.51. The molecular formula is C17H22O2S. The van der Waals surface area contributed by atoms with Gasteiger partial charge in [0.2, 0.25) is 0 Å². The number of hydrogen-bond donors (Lipinski definition) is 0. The van der Waals surface area contributed by atoms with E-state index in [1.807, 2.05) is 17.5 Å². The van der Waals surface area contributed by atoms with Crippen molar-refractivity contribution >= 4 is 17.3 Å². The van der Waals surface area contributed by atoms with Crippen molar-refractivity contribution in [3.63, 3.8) is 0 Å². The van der Waals surface area contributed by atoms with Crippen LogP contribution in [0.4, 0.5) is 0 Å². The van der Waals surface area contributed by atoms with E-state index in [9.17, 15) is 4.79 Å². The lowest BCUT2D eigenvalue weighted by atomic mass is 9.50. The van der Waals surface area contributed by atoms with Crippen LogP contribution < -0.4 is 0 Å². The summed E-state index contributed by atoms with van der Waals surface area (Å²) in [6, 6.07) is 4.00. The Balaban J connectivity index is 1.36. The van der Waals surface area contributed by atoms with E-state index in [4.69, 9.17) is 4.74 Å². The van der Waals surface area contributed by atoms with Gasteiger partial charge in [-0.25, -0.2) is 0 Å². The van der Waals surface area contributed by atoms with Gasteiger partial charge in [0, 0.05) is 10.3 Å². The van der Waals surface area contributed by atoms with Crippen molar-refractivity contribution in [1.82, 2.24) is 0 Å². The molecule has 4 bridgehead atoms. The molecule has 4 aliphatic carbocycles. The molecule has 4 fully saturated rings. The van der Waals surface area contributed by atoms with Crippen molar-refractivity contribution < 1.29 is 9.53 Å². The summed E-state index contributed by atoms with van der Waals surface area (Å²) in [5.74, 6) is 2.75. The van der Waals surface area contributed by atoms with E-state index in [0.717, 1.165) is 22.6 Å². The van der Waals surface area contributed by atoms with Gasteiger partial charge in [-0.1, -0.05) is 6.07 Å². The zero-order valence-electron chi connectivity index (χ0n) is 11.8. The van der Waals surface area contributed by atoms with Gasteiger partial charge in [0.1, 0.15) is 0 Å². The number of hydrogen-bond acceptors (Lipinski definition) is 3. The third kappa shape index (κ3) is 2.41. The van der Waals surface area contributed by atoms with Crippen molar-refractivity contribution in [3.8, 4) is 0 Å². The van der Waals surface area contributed by atoms with Crippen LogP contribution in [-0.4, -0.2) is 12.6 Å². The van der Waals surface area contributed by atoms with Crippen LogP contribution in [0, 0.1) is 23.2 Å². The van der Waals surface area contributed by atoms with E-state index in [-0.39, 0.29) is 5.97 Å². The Bertz CT molecular complexity index is 456. The molecule has 0 saturated heterocycles. The summed E-state index contributed by atoms with van der Waals surface area (Å²) in [6.07, 6.45) is 8.72. The zero-order valence-corrected chi connectivity index (χ0v) is 12.7. The van der Waals surface area contributed by atoms with Crippen LogP contribution in [-0.2, 0) is 16.0 Å². The second-order valence-electron chi connectivity index (χ2n) is 7.33. The number of esters is 1. The highest BCUT2D eigenvalue weighted by Crippen LogP contribution is 2.60. The third-order valence-corrected chi connectivity index (χ3v) is 6.48. The topological polar surface area (TPSA) is 26.3 Å². The van der Waals surface area contributed by atoms with Gasteiger partial charge in [0.15, 0.2) is 0 Å². The Hall–Kier alpha value is -0.830. The highest BCUT2D eigenvalue weighted by atomic mass is 32.1. The molecule has 2 nitrogen and oxygen atoms in total. The van der Waals surface area contributed by atoms with Crippen LogP contribution in [0.1, 0.15) is 43.4 Å². The maximum atomic E-state index is 12.0. The molecule has 0 spiro atoms. The maximum Gasteiger partial charge on any atom is 0.311 e. The smallest absolute Gasteiger partial charge is 0.311 e. The van der Waals surface area contributed by atoms with Gasteiger partial charge in [-0.15, -0.1) is 11.3 Å². The minimum atomic E-state index is -0.0387. The Kier molecular flexibility index (Phi) is 3.13. The number of thiophene rings is 1. The van der Waals surface area contributed by atoms with Gasteiger partial charge in [-0.3, -0.25) is 4.79 Å². The highest BCUT2D eigenvalue weighted by molar-refractivity contribution is 7.10. The SMILES string of the molecule is O=C(Cc1cccs1)OCC12CC3CC(CC(C3)C1)C2. The molecule has 5 rings (SSSR count). The molecule has 0 atom stereocenters. The predicted octanol–water partition coefficient (Wildman–Crippen LogP) is 4.05. The Labute approximate surface area is 124 Å². The fourth-order valence-corrected chi connectivity index (χ4v) is 6.00. The molecule has 1 heterocycles. The second-order valence-corrected chi connectivity index (χ2v) is 8.37. The standard InChI is InChI=1S/C17H22O2S/c18-16(7-15-2-1-3-20-15)19-11-17-8-12-4-13(9-17)6-14(5-12)10-17/h1-3,12-14H,4-11H2. The Morgan fingerprint density at radius 3 is 2.40 bits per heavy atom. The summed E-state index contributed by atoms with van der Waals surface area (Å²) in [6.45, 7) is 0.681. The molecule has 1 aromatic rings. The summed E-state index contributed by atoms with van der Waals surface area (Å²) in [5.41, 5.74) is 0.347. The Morgan fingerprint density at radius 1 is 1.20 bits per heavy atom. The van der Waals surface area contributed by atoms with Crippen LogP contribution in [0.15, 0.2) is 17.5 Å². The van der Waals surface area contributed by atoms with Crippen molar-refractivity contribution in [2.24, 2.45) is 23.2 Å². The molecule has 0 aliphatic heterocycles. The monoisotopic (exact) mass is 290 g/mol. The first-order valence-corrected chi connectivity index (χ1v) is 8.77. The maximum absolute atomic E-state index is 12.0. The van der Waals surface area contributed by atoms with E-state index in [1.54, 1.807) is 11.3 Å². The van der Waals surface area contributed by atoms with Gasteiger partial charge in [0.25, 0.3) is 0 Å². The van der Waals surface area contributed by atoms with E-state index in [1.165, 1.54) is 38.5 Å². The molecule has 0 amide bonds. The molecule has 0 radical (unpaired) electrons. The van der Waals surface area contributed by atoms with Gasteiger partial charge in [0.05, 0.1) is 13.0 Å². The molecule has 4 saturated carbocycles. The third-order valence-electron chi connectivity index (χ3n) is 5.60. The van der Waals surface area contributed by atoms with Crippen molar-refractivity contribution in [3.05, 3.63) is 22.4 Å². The van der Waals surface area contributed by atoms with E-state index >= 15 is 0 Å². The van der Waals surface area contributed by atoms with Crippen molar-refractivity contribution in [1.29, 1.82) is 0 Å². The number of rotatable bonds is 4. The average molecular weight is 290 g/mol. The zero-order chi connectivity index (χ0) is 13.6. The first kappa shape index (κ1) is 12.9. The van der Waals surface area contributed by atoms with E-state index in [2.05, 4.69) is 0 Å². The van der Waals surface area contributed by atoms with Crippen LogP contribution in [0.25, 0.3) is 0 Å². The van der Waals surface area contributed by atoms with Crippen LogP contribution in [0.3, 0.4) is 0 Å². The number of ether oxygens (including phenoxy) is 1. The fourth-order valence-electron chi connectivity index (χ4n) is 5.31. The second kappa shape index (κ2) is 4.87. The predicted molar refractivity (Wildman–Crippen MR) is 79.6 cm³/mol. The van der Waals surface area contributed by atoms with Crippen LogP contribution in [0.2, 0.25) is 0 Å². The number of carbonyl (C=O) groups is 1. The Morgan fingerprint density at radius 2 is 1.85 bits per heavy atom. The first-order valence-electron chi connectivity index (χ1n) is 7.89. The molecule has 4 aliphatic rings. The largest absolute Gasteiger partial charge is 0.465 e. The lowest BCUT2D eigenvalue weighted by molar-refractivity contribution is -0.154. The van der Waals surface area contributed by atoms with E-state index < -0.39 is 0 Å². The number of carbonyl (C=O) groups excluding carboxylic acids is 1. The summed E-state index contributed by atoms with van der Waals surface area (Å²) >= 11 is 1.64. The van der Waals surface area contributed by atoms with E-state index in [0.29, 0.717) is 18.4 Å². The van der Waals surface area contributed by atoms with Crippen LogP contribution >= 0.6 is 11.3 Å². The lowest BCUT2D eigenvalue weighted by Gasteiger charge is -2.56. The molecule has 3 heteroatoms. The van der Waals surface area contributed by atoms with Gasteiger partial charge < -0.3 is 4.74 Å². The lowest BCUT2D eigenvalue weighted by Crippen LogP contribution is -2.48. The van der Waals surface area contributed by atoms with Gasteiger partial charge in [-0.05, 0) is 67.7 Å². The molecule has 0 N–H and O–H groups in total. The summed E-state index contributed by atoms with van der Waals surface area (Å²) in [5, 5.41) is 2.02. The fraction of sp³-hybridized carbons (Fsp3) is 0.706. The van der Waals surface area contributed by atoms with Crippen molar-refractivity contribution in [2.75, 3.05) is 6.61 Å². The summed E-state index contributed by atoms with van der Waals surface area (Å²) in [7, 11) is 0. The molecule has 108 valence electrons. The molecule has 1 aromatic heterocycles.